The highest BCUT2D eigenvalue weighted by Crippen LogP contribution is 2.22. The minimum Gasteiger partial charge on any atom is -0.310 e. The summed E-state index contributed by atoms with van der Waals surface area (Å²) >= 11 is 0. The standard InChI is InChI=1S/C16H28N2/c1-4-6-7-8-9-10-16(18-5-2)15-13-17-12-11-14(15)3/h11-13,16,18H,4-10H2,1-3H3. The molecule has 0 amide bonds. The van der Waals surface area contributed by atoms with Gasteiger partial charge in [-0.05, 0) is 37.1 Å². The molecule has 18 heavy (non-hydrogen) atoms. The van der Waals surface area contributed by atoms with E-state index < -0.39 is 0 Å². The molecular formula is C16H28N2. The van der Waals surface area contributed by atoms with E-state index in [2.05, 4.69) is 37.1 Å². The molecule has 0 spiro atoms. The first-order chi connectivity index (χ1) is 8.79. The molecule has 1 unspecified atom stereocenters. The lowest BCUT2D eigenvalue weighted by atomic mass is 9.98. The van der Waals surface area contributed by atoms with Crippen molar-refractivity contribution in [2.45, 2.75) is 65.3 Å². The van der Waals surface area contributed by atoms with Crippen molar-refractivity contribution in [3.8, 4) is 0 Å². The van der Waals surface area contributed by atoms with Gasteiger partial charge in [0, 0.05) is 18.4 Å². The molecule has 0 fully saturated rings. The van der Waals surface area contributed by atoms with E-state index in [-0.39, 0.29) is 0 Å². The molecule has 0 aliphatic heterocycles. The summed E-state index contributed by atoms with van der Waals surface area (Å²) < 4.78 is 0. The van der Waals surface area contributed by atoms with E-state index in [1.54, 1.807) is 0 Å². The van der Waals surface area contributed by atoms with Gasteiger partial charge in [0.15, 0.2) is 0 Å². The average molecular weight is 248 g/mol. The molecular weight excluding hydrogens is 220 g/mol. The number of aromatic nitrogens is 1. The van der Waals surface area contributed by atoms with E-state index in [0.717, 1.165) is 6.54 Å². The van der Waals surface area contributed by atoms with Crippen LogP contribution in [0.2, 0.25) is 0 Å². The maximum absolute atomic E-state index is 4.27. The number of aryl methyl sites for hydroxylation is 1. The highest BCUT2D eigenvalue weighted by Gasteiger charge is 2.12. The molecule has 2 heteroatoms. The highest BCUT2D eigenvalue weighted by atomic mass is 14.9. The van der Waals surface area contributed by atoms with Crippen LogP contribution in [0.1, 0.15) is 69.5 Å². The van der Waals surface area contributed by atoms with E-state index in [0.29, 0.717) is 6.04 Å². The Morgan fingerprint density at radius 3 is 2.61 bits per heavy atom. The molecule has 0 saturated heterocycles. The van der Waals surface area contributed by atoms with Crippen molar-refractivity contribution < 1.29 is 0 Å². The maximum Gasteiger partial charge on any atom is 0.0338 e. The van der Waals surface area contributed by atoms with Crippen LogP contribution in [-0.2, 0) is 0 Å². The molecule has 2 nitrogen and oxygen atoms in total. The number of unbranched alkanes of at least 4 members (excludes halogenated alkanes) is 4. The Morgan fingerprint density at radius 1 is 1.17 bits per heavy atom. The Hall–Kier alpha value is -0.890. The summed E-state index contributed by atoms with van der Waals surface area (Å²) in [7, 11) is 0. The quantitative estimate of drug-likeness (QED) is 0.655. The fraction of sp³-hybridized carbons (Fsp3) is 0.688. The number of hydrogen-bond acceptors (Lipinski definition) is 2. The van der Waals surface area contributed by atoms with Gasteiger partial charge < -0.3 is 5.32 Å². The summed E-state index contributed by atoms with van der Waals surface area (Å²) in [5, 5.41) is 3.59. The van der Waals surface area contributed by atoms with Crippen molar-refractivity contribution in [1.82, 2.24) is 10.3 Å². The smallest absolute Gasteiger partial charge is 0.0338 e. The first-order valence-corrected chi connectivity index (χ1v) is 7.43. The third kappa shape index (κ3) is 5.18. The lowest BCUT2D eigenvalue weighted by Gasteiger charge is -2.19. The molecule has 0 aliphatic rings. The van der Waals surface area contributed by atoms with Crippen LogP contribution in [-0.4, -0.2) is 11.5 Å². The van der Waals surface area contributed by atoms with Crippen molar-refractivity contribution in [2.24, 2.45) is 0 Å². The molecule has 1 aromatic rings. The lowest BCUT2D eigenvalue weighted by Crippen LogP contribution is -2.21. The topological polar surface area (TPSA) is 24.9 Å². The monoisotopic (exact) mass is 248 g/mol. The first-order valence-electron chi connectivity index (χ1n) is 7.43. The summed E-state index contributed by atoms with van der Waals surface area (Å²) in [6.07, 6.45) is 11.9. The molecule has 1 N–H and O–H groups in total. The summed E-state index contributed by atoms with van der Waals surface area (Å²) in [6.45, 7) is 7.64. The van der Waals surface area contributed by atoms with Crippen LogP contribution < -0.4 is 5.32 Å². The van der Waals surface area contributed by atoms with Gasteiger partial charge in [-0.15, -0.1) is 0 Å². The Bertz CT molecular complexity index is 323. The van der Waals surface area contributed by atoms with Crippen molar-refractivity contribution in [2.75, 3.05) is 6.54 Å². The number of nitrogens with zero attached hydrogens (tertiary/aromatic N) is 1. The van der Waals surface area contributed by atoms with E-state index in [9.17, 15) is 0 Å². The van der Waals surface area contributed by atoms with Crippen molar-refractivity contribution in [3.63, 3.8) is 0 Å². The Labute approximate surface area is 112 Å². The molecule has 0 saturated carbocycles. The number of nitrogens with one attached hydrogen (secondary N) is 1. The third-order valence-electron chi connectivity index (χ3n) is 3.50. The summed E-state index contributed by atoms with van der Waals surface area (Å²) in [5.74, 6) is 0. The number of hydrogen-bond donors (Lipinski definition) is 1. The van der Waals surface area contributed by atoms with Gasteiger partial charge in [0.25, 0.3) is 0 Å². The van der Waals surface area contributed by atoms with Gasteiger partial charge in [0.2, 0.25) is 0 Å². The van der Waals surface area contributed by atoms with Gasteiger partial charge in [-0.25, -0.2) is 0 Å². The van der Waals surface area contributed by atoms with Crippen LogP contribution in [0.4, 0.5) is 0 Å². The second-order valence-corrected chi connectivity index (χ2v) is 5.05. The Balaban J connectivity index is 2.47. The molecule has 0 aliphatic carbocycles. The predicted molar refractivity (Wildman–Crippen MR) is 78.8 cm³/mol. The molecule has 0 aromatic carbocycles. The zero-order valence-corrected chi connectivity index (χ0v) is 12.2. The average Bonchev–Trinajstić information content (AvgIpc) is 2.38. The van der Waals surface area contributed by atoms with Gasteiger partial charge in [-0.3, -0.25) is 4.98 Å². The second kappa shape index (κ2) is 9.09. The van der Waals surface area contributed by atoms with Crippen LogP contribution in [0.15, 0.2) is 18.5 Å². The third-order valence-corrected chi connectivity index (χ3v) is 3.50. The van der Waals surface area contributed by atoms with Crippen molar-refractivity contribution >= 4 is 0 Å². The largest absolute Gasteiger partial charge is 0.310 e. The van der Waals surface area contributed by atoms with Crippen LogP contribution in [0.3, 0.4) is 0 Å². The molecule has 102 valence electrons. The maximum atomic E-state index is 4.27. The number of rotatable bonds is 9. The van der Waals surface area contributed by atoms with E-state index in [4.69, 9.17) is 0 Å². The molecule has 1 rings (SSSR count). The van der Waals surface area contributed by atoms with Crippen LogP contribution in [0.25, 0.3) is 0 Å². The van der Waals surface area contributed by atoms with E-state index in [1.165, 1.54) is 49.7 Å². The summed E-state index contributed by atoms with van der Waals surface area (Å²) in [5.41, 5.74) is 2.72. The SMILES string of the molecule is CCCCCCCC(NCC)c1cnccc1C. The summed E-state index contributed by atoms with van der Waals surface area (Å²) in [4.78, 5) is 4.27. The Morgan fingerprint density at radius 2 is 1.94 bits per heavy atom. The zero-order valence-electron chi connectivity index (χ0n) is 12.2. The van der Waals surface area contributed by atoms with Crippen molar-refractivity contribution in [1.29, 1.82) is 0 Å². The molecule has 0 bridgehead atoms. The predicted octanol–water partition coefficient (Wildman–Crippen LogP) is 4.40. The first kappa shape index (κ1) is 15.2. The van der Waals surface area contributed by atoms with E-state index in [1.807, 2.05) is 12.4 Å². The fourth-order valence-corrected chi connectivity index (χ4v) is 2.41. The lowest BCUT2D eigenvalue weighted by molar-refractivity contribution is 0.476. The second-order valence-electron chi connectivity index (χ2n) is 5.05. The van der Waals surface area contributed by atoms with E-state index >= 15 is 0 Å². The van der Waals surface area contributed by atoms with Crippen LogP contribution in [0, 0.1) is 6.92 Å². The minimum absolute atomic E-state index is 0.477. The van der Waals surface area contributed by atoms with Gasteiger partial charge in [0.1, 0.15) is 0 Å². The van der Waals surface area contributed by atoms with Gasteiger partial charge in [-0.1, -0.05) is 46.0 Å². The van der Waals surface area contributed by atoms with Gasteiger partial charge in [0.05, 0.1) is 0 Å². The van der Waals surface area contributed by atoms with Crippen LogP contribution in [0.5, 0.6) is 0 Å². The number of pyridine rings is 1. The summed E-state index contributed by atoms with van der Waals surface area (Å²) in [6, 6.07) is 2.59. The normalized spacial score (nSPS) is 12.6. The highest BCUT2D eigenvalue weighted by molar-refractivity contribution is 5.24. The Kier molecular flexibility index (Phi) is 7.66. The zero-order chi connectivity index (χ0) is 13.2. The van der Waals surface area contributed by atoms with Gasteiger partial charge in [-0.2, -0.15) is 0 Å². The minimum atomic E-state index is 0.477. The van der Waals surface area contributed by atoms with Gasteiger partial charge >= 0.3 is 0 Å². The van der Waals surface area contributed by atoms with Crippen molar-refractivity contribution in [3.05, 3.63) is 29.6 Å². The fourth-order valence-electron chi connectivity index (χ4n) is 2.41. The molecule has 0 radical (unpaired) electrons. The molecule has 1 heterocycles. The van der Waals surface area contributed by atoms with Crippen LogP contribution >= 0.6 is 0 Å². The molecule has 1 atom stereocenters. The molecule has 1 aromatic heterocycles.